The number of hydrogen-bond donors (Lipinski definition) is 2. The number of rotatable bonds is 8. The van der Waals surface area contributed by atoms with Crippen LogP contribution in [0.25, 0.3) is 21.9 Å². The van der Waals surface area contributed by atoms with E-state index in [1.165, 1.54) is 0 Å². The summed E-state index contributed by atoms with van der Waals surface area (Å²) in [6.45, 7) is 2.49. The standard InChI is InChI=1S/C18H22N2O3/c19-7-1-9-21-13-4-6-17-16(11-13)15-5-3-14(12-18(15)23-17)22-10-2-8-20/h3-6,11-12H,1-2,7-10,19-20H2. The fraction of sp³-hybridized carbons (Fsp3) is 0.333. The van der Waals surface area contributed by atoms with E-state index in [2.05, 4.69) is 0 Å². The highest BCUT2D eigenvalue weighted by Gasteiger charge is 2.09. The van der Waals surface area contributed by atoms with Crippen LogP contribution in [0.1, 0.15) is 12.8 Å². The van der Waals surface area contributed by atoms with Gasteiger partial charge in [0.1, 0.15) is 22.7 Å². The van der Waals surface area contributed by atoms with E-state index in [1.54, 1.807) is 0 Å². The van der Waals surface area contributed by atoms with Crippen molar-refractivity contribution in [2.75, 3.05) is 26.3 Å². The van der Waals surface area contributed by atoms with Crippen LogP contribution in [0.5, 0.6) is 11.5 Å². The van der Waals surface area contributed by atoms with Gasteiger partial charge in [0.15, 0.2) is 0 Å². The van der Waals surface area contributed by atoms with Crippen LogP contribution >= 0.6 is 0 Å². The zero-order chi connectivity index (χ0) is 16.1. The summed E-state index contributed by atoms with van der Waals surface area (Å²) in [5.74, 6) is 1.63. The van der Waals surface area contributed by atoms with Crippen molar-refractivity contribution in [2.24, 2.45) is 11.5 Å². The highest BCUT2D eigenvalue weighted by atomic mass is 16.5. The largest absolute Gasteiger partial charge is 0.494 e. The second-order valence-corrected chi connectivity index (χ2v) is 5.40. The zero-order valence-corrected chi connectivity index (χ0v) is 13.1. The lowest BCUT2D eigenvalue weighted by atomic mass is 10.1. The van der Waals surface area contributed by atoms with E-state index >= 15 is 0 Å². The van der Waals surface area contributed by atoms with Gasteiger partial charge in [-0.1, -0.05) is 0 Å². The molecule has 0 saturated carbocycles. The van der Waals surface area contributed by atoms with E-state index in [-0.39, 0.29) is 0 Å². The minimum Gasteiger partial charge on any atom is -0.494 e. The molecule has 23 heavy (non-hydrogen) atoms. The third kappa shape index (κ3) is 3.57. The molecule has 5 heteroatoms. The second-order valence-electron chi connectivity index (χ2n) is 5.40. The fourth-order valence-electron chi connectivity index (χ4n) is 2.46. The Kier molecular flexibility index (Phi) is 5.00. The van der Waals surface area contributed by atoms with Crippen LogP contribution in [-0.4, -0.2) is 26.3 Å². The Bertz CT molecular complexity index is 782. The van der Waals surface area contributed by atoms with Gasteiger partial charge in [-0.15, -0.1) is 0 Å². The summed E-state index contributed by atoms with van der Waals surface area (Å²) in [4.78, 5) is 0. The number of ether oxygens (including phenoxy) is 2. The molecular weight excluding hydrogens is 292 g/mol. The summed E-state index contributed by atoms with van der Waals surface area (Å²) in [7, 11) is 0. The maximum absolute atomic E-state index is 5.90. The smallest absolute Gasteiger partial charge is 0.139 e. The molecule has 122 valence electrons. The lowest BCUT2D eigenvalue weighted by Gasteiger charge is -2.05. The predicted molar refractivity (Wildman–Crippen MR) is 92.1 cm³/mol. The SMILES string of the molecule is NCCCOc1ccc2c(c1)oc1ccc(OCCCN)cc12. The maximum Gasteiger partial charge on any atom is 0.139 e. The Morgan fingerprint density at radius 1 is 0.739 bits per heavy atom. The Morgan fingerprint density at radius 3 is 2.09 bits per heavy atom. The molecule has 0 aliphatic carbocycles. The monoisotopic (exact) mass is 314 g/mol. The van der Waals surface area contributed by atoms with Gasteiger partial charge in [-0.05, 0) is 56.3 Å². The Labute approximate surface area is 135 Å². The molecule has 4 N–H and O–H groups in total. The summed E-state index contributed by atoms with van der Waals surface area (Å²) < 4.78 is 17.3. The van der Waals surface area contributed by atoms with Crippen LogP contribution in [0, 0.1) is 0 Å². The molecule has 0 amide bonds. The molecule has 0 aliphatic heterocycles. The highest BCUT2D eigenvalue weighted by molar-refractivity contribution is 6.05. The molecule has 0 spiro atoms. The first-order valence-corrected chi connectivity index (χ1v) is 7.94. The lowest BCUT2D eigenvalue weighted by molar-refractivity contribution is 0.313. The van der Waals surface area contributed by atoms with Crippen molar-refractivity contribution in [3.8, 4) is 11.5 Å². The van der Waals surface area contributed by atoms with Gasteiger partial charge in [-0.25, -0.2) is 0 Å². The molecule has 0 atom stereocenters. The maximum atomic E-state index is 5.90. The molecule has 1 aromatic heterocycles. The van der Waals surface area contributed by atoms with E-state index in [0.29, 0.717) is 26.3 Å². The van der Waals surface area contributed by atoms with E-state index < -0.39 is 0 Å². The van der Waals surface area contributed by atoms with Gasteiger partial charge < -0.3 is 25.4 Å². The van der Waals surface area contributed by atoms with E-state index in [9.17, 15) is 0 Å². The summed E-state index contributed by atoms with van der Waals surface area (Å²) in [6.07, 6.45) is 1.68. The van der Waals surface area contributed by atoms with Crippen LogP contribution in [0.3, 0.4) is 0 Å². The molecule has 0 fully saturated rings. The molecule has 0 radical (unpaired) electrons. The molecule has 2 aromatic carbocycles. The van der Waals surface area contributed by atoms with Crippen LogP contribution in [-0.2, 0) is 0 Å². The molecule has 0 aliphatic rings. The summed E-state index contributed by atoms with van der Waals surface area (Å²) in [6, 6.07) is 11.7. The number of hydrogen-bond acceptors (Lipinski definition) is 5. The average Bonchev–Trinajstić information content (AvgIpc) is 2.92. The predicted octanol–water partition coefficient (Wildman–Crippen LogP) is 3.04. The molecule has 3 aromatic rings. The third-order valence-corrected chi connectivity index (χ3v) is 3.65. The van der Waals surface area contributed by atoms with Gasteiger partial charge in [0, 0.05) is 16.8 Å². The normalized spacial score (nSPS) is 11.2. The first kappa shape index (κ1) is 15.6. The third-order valence-electron chi connectivity index (χ3n) is 3.65. The van der Waals surface area contributed by atoms with Crippen LogP contribution in [0.4, 0.5) is 0 Å². The van der Waals surface area contributed by atoms with E-state index in [0.717, 1.165) is 46.3 Å². The summed E-state index contributed by atoms with van der Waals surface area (Å²) >= 11 is 0. The van der Waals surface area contributed by atoms with Crippen molar-refractivity contribution in [1.82, 2.24) is 0 Å². The highest BCUT2D eigenvalue weighted by Crippen LogP contribution is 2.33. The van der Waals surface area contributed by atoms with Crippen molar-refractivity contribution in [2.45, 2.75) is 12.8 Å². The van der Waals surface area contributed by atoms with Gasteiger partial charge in [-0.2, -0.15) is 0 Å². The topological polar surface area (TPSA) is 83.6 Å². The van der Waals surface area contributed by atoms with Crippen LogP contribution in [0.2, 0.25) is 0 Å². The molecule has 0 unspecified atom stereocenters. The number of furan rings is 1. The van der Waals surface area contributed by atoms with Crippen molar-refractivity contribution in [3.63, 3.8) is 0 Å². The molecule has 3 rings (SSSR count). The van der Waals surface area contributed by atoms with Gasteiger partial charge in [0.05, 0.1) is 13.2 Å². The first-order chi connectivity index (χ1) is 11.3. The van der Waals surface area contributed by atoms with Gasteiger partial charge in [0.2, 0.25) is 0 Å². The van der Waals surface area contributed by atoms with Crippen molar-refractivity contribution < 1.29 is 13.9 Å². The fourth-order valence-corrected chi connectivity index (χ4v) is 2.46. The van der Waals surface area contributed by atoms with Crippen molar-refractivity contribution in [3.05, 3.63) is 36.4 Å². The Hall–Kier alpha value is -2.24. The first-order valence-electron chi connectivity index (χ1n) is 7.94. The van der Waals surface area contributed by atoms with E-state index in [1.807, 2.05) is 36.4 Å². The molecular formula is C18H22N2O3. The van der Waals surface area contributed by atoms with Crippen LogP contribution in [0.15, 0.2) is 40.8 Å². The minimum atomic E-state index is 0.612. The van der Waals surface area contributed by atoms with Crippen molar-refractivity contribution >= 4 is 21.9 Å². The lowest BCUT2D eigenvalue weighted by Crippen LogP contribution is -2.05. The molecule has 5 nitrogen and oxygen atoms in total. The zero-order valence-electron chi connectivity index (χ0n) is 13.1. The number of benzene rings is 2. The second kappa shape index (κ2) is 7.35. The summed E-state index contributed by atoms with van der Waals surface area (Å²) in [5, 5.41) is 2.09. The quantitative estimate of drug-likeness (QED) is 0.624. The number of fused-ring (bicyclic) bond motifs is 3. The van der Waals surface area contributed by atoms with Gasteiger partial charge in [-0.3, -0.25) is 0 Å². The number of nitrogens with two attached hydrogens (primary N) is 2. The Morgan fingerprint density at radius 2 is 1.39 bits per heavy atom. The van der Waals surface area contributed by atoms with E-state index in [4.69, 9.17) is 25.4 Å². The average molecular weight is 314 g/mol. The molecule has 0 saturated heterocycles. The molecule has 0 bridgehead atoms. The Balaban J connectivity index is 1.86. The van der Waals surface area contributed by atoms with Crippen LogP contribution < -0.4 is 20.9 Å². The summed E-state index contributed by atoms with van der Waals surface area (Å²) in [5.41, 5.74) is 12.6. The van der Waals surface area contributed by atoms with Gasteiger partial charge >= 0.3 is 0 Å². The molecule has 1 heterocycles. The van der Waals surface area contributed by atoms with Crippen molar-refractivity contribution in [1.29, 1.82) is 0 Å². The minimum absolute atomic E-state index is 0.612. The van der Waals surface area contributed by atoms with Gasteiger partial charge in [0.25, 0.3) is 0 Å².